The molecule has 0 atom stereocenters. The number of amides is 2. The lowest BCUT2D eigenvalue weighted by Crippen LogP contribution is -2.45. The molecule has 0 radical (unpaired) electrons. The van der Waals surface area contributed by atoms with E-state index < -0.39 is 0 Å². The standard InChI is InChI=1S/C32H46N10O2/c1-31(2,3)37-25(43)19-39(7)21-13-11-15-23-27(21)35-29(33)41(23)17-9-10-18-42-24-16-12-14-22(28(24)36-30(42)34)40(8)20-26(44)38-32(4,5)6/h9-16H,17-20H2,1-8H3,(H2,33,35)(H2,34,36)(H,37,43)(H,38,44)/b10-9+. The molecule has 44 heavy (non-hydrogen) atoms. The second-order valence-electron chi connectivity index (χ2n) is 13.2. The molecule has 2 aromatic carbocycles. The zero-order valence-electron chi connectivity index (χ0n) is 27.1. The maximum absolute atomic E-state index is 12.5. The summed E-state index contributed by atoms with van der Waals surface area (Å²) in [6, 6.07) is 11.7. The van der Waals surface area contributed by atoms with Gasteiger partial charge >= 0.3 is 0 Å². The van der Waals surface area contributed by atoms with Crippen LogP contribution in [0.5, 0.6) is 0 Å². The maximum atomic E-state index is 12.5. The second-order valence-corrected chi connectivity index (χ2v) is 13.2. The number of rotatable bonds is 10. The van der Waals surface area contributed by atoms with E-state index in [4.69, 9.17) is 11.5 Å². The molecule has 4 aromatic rings. The summed E-state index contributed by atoms with van der Waals surface area (Å²) in [4.78, 5) is 38.1. The average Bonchev–Trinajstić information content (AvgIpc) is 3.38. The number of nitrogen functional groups attached to an aromatic ring is 2. The van der Waals surface area contributed by atoms with Crippen molar-refractivity contribution in [2.45, 2.75) is 65.7 Å². The van der Waals surface area contributed by atoms with Crippen LogP contribution in [-0.4, -0.2) is 69.2 Å². The van der Waals surface area contributed by atoms with Crippen LogP contribution in [0.3, 0.4) is 0 Å². The Kier molecular flexibility index (Phi) is 9.12. The summed E-state index contributed by atoms with van der Waals surface area (Å²) in [5.74, 6) is 0.646. The van der Waals surface area contributed by atoms with Gasteiger partial charge in [-0.05, 0) is 65.8 Å². The Hall–Kier alpha value is -4.74. The predicted octanol–water partition coefficient (Wildman–Crippen LogP) is 3.51. The number of para-hydroxylation sites is 2. The van der Waals surface area contributed by atoms with E-state index in [2.05, 4.69) is 20.6 Å². The van der Waals surface area contributed by atoms with E-state index in [1.807, 2.05) is 123 Å². The number of benzene rings is 2. The number of aromatic nitrogens is 4. The van der Waals surface area contributed by atoms with Gasteiger partial charge in [0.2, 0.25) is 23.7 Å². The third kappa shape index (κ3) is 7.61. The summed E-state index contributed by atoms with van der Waals surface area (Å²) in [5, 5.41) is 5.99. The molecule has 4 rings (SSSR count). The van der Waals surface area contributed by atoms with Gasteiger partial charge in [0.15, 0.2) is 0 Å². The molecular weight excluding hydrogens is 556 g/mol. The van der Waals surface area contributed by atoms with Gasteiger partial charge in [0.1, 0.15) is 11.0 Å². The summed E-state index contributed by atoms with van der Waals surface area (Å²) in [6.07, 6.45) is 4.03. The number of fused-ring (bicyclic) bond motifs is 2. The highest BCUT2D eigenvalue weighted by atomic mass is 16.2. The number of hydrogen-bond donors (Lipinski definition) is 4. The number of anilines is 4. The fourth-order valence-electron chi connectivity index (χ4n) is 5.18. The highest BCUT2D eigenvalue weighted by Gasteiger charge is 2.20. The molecule has 236 valence electrons. The van der Waals surface area contributed by atoms with Crippen molar-refractivity contribution >= 4 is 57.2 Å². The fourth-order valence-corrected chi connectivity index (χ4v) is 5.18. The van der Waals surface area contributed by atoms with E-state index in [9.17, 15) is 9.59 Å². The van der Waals surface area contributed by atoms with Crippen molar-refractivity contribution in [3.63, 3.8) is 0 Å². The van der Waals surface area contributed by atoms with E-state index in [0.29, 0.717) is 25.0 Å². The number of imidazole rings is 2. The number of carbonyl (C=O) groups is 2. The van der Waals surface area contributed by atoms with Crippen molar-refractivity contribution in [1.82, 2.24) is 29.7 Å². The lowest BCUT2D eigenvalue weighted by Gasteiger charge is -2.24. The Morgan fingerprint density at radius 1 is 0.727 bits per heavy atom. The molecular formula is C32H46N10O2. The number of hydrogen-bond acceptors (Lipinski definition) is 8. The van der Waals surface area contributed by atoms with Crippen LogP contribution >= 0.6 is 0 Å². The predicted molar refractivity (Wildman–Crippen MR) is 180 cm³/mol. The lowest BCUT2D eigenvalue weighted by molar-refractivity contribution is -0.122. The minimum atomic E-state index is -0.307. The molecule has 0 aliphatic heterocycles. The van der Waals surface area contributed by atoms with E-state index in [1.54, 1.807) is 0 Å². The van der Waals surface area contributed by atoms with Crippen molar-refractivity contribution < 1.29 is 9.59 Å². The van der Waals surface area contributed by atoms with Gasteiger partial charge in [-0.15, -0.1) is 0 Å². The first-order valence-corrected chi connectivity index (χ1v) is 14.7. The first kappa shape index (κ1) is 32.2. The smallest absolute Gasteiger partial charge is 0.239 e. The summed E-state index contributed by atoms with van der Waals surface area (Å²) >= 11 is 0. The Labute approximate surface area is 259 Å². The van der Waals surface area contributed by atoms with Crippen molar-refractivity contribution in [1.29, 1.82) is 0 Å². The zero-order chi connectivity index (χ0) is 32.4. The van der Waals surface area contributed by atoms with Gasteiger partial charge in [0.05, 0.1) is 35.5 Å². The van der Waals surface area contributed by atoms with Crippen LogP contribution in [0.2, 0.25) is 0 Å². The van der Waals surface area contributed by atoms with E-state index in [0.717, 1.165) is 33.4 Å². The Balaban J connectivity index is 1.49. The van der Waals surface area contributed by atoms with E-state index in [1.165, 1.54) is 0 Å². The number of nitrogens with one attached hydrogen (secondary N) is 2. The van der Waals surface area contributed by atoms with Crippen LogP contribution in [0.15, 0.2) is 48.6 Å². The van der Waals surface area contributed by atoms with Crippen LogP contribution in [-0.2, 0) is 22.7 Å². The molecule has 12 heteroatoms. The highest BCUT2D eigenvalue weighted by Crippen LogP contribution is 2.29. The van der Waals surface area contributed by atoms with Crippen LogP contribution < -0.4 is 31.9 Å². The number of allylic oxidation sites excluding steroid dienone is 2. The minimum absolute atomic E-state index is 0.0663. The second kappa shape index (κ2) is 12.5. The van der Waals surface area contributed by atoms with Crippen LogP contribution in [0.4, 0.5) is 23.3 Å². The van der Waals surface area contributed by atoms with Gasteiger partial charge in [-0.2, -0.15) is 0 Å². The summed E-state index contributed by atoms with van der Waals surface area (Å²) in [7, 11) is 3.74. The third-order valence-electron chi connectivity index (χ3n) is 6.93. The quantitative estimate of drug-likeness (QED) is 0.201. The summed E-state index contributed by atoms with van der Waals surface area (Å²) in [6.45, 7) is 13.1. The van der Waals surface area contributed by atoms with Gasteiger partial charge in [-0.3, -0.25) is 9.59 Å². The molecule has 0 fully saturated rings. The molecule has 2 amide bonds. The number of nitrogens with zero attached hydrogens (tertiary/aromatic N) is 6. The molecule has 0 aliphatic rings. The van der Waals surface area contributed by atoms with Crippen molar-refractivity contribution in [3.8, 4) is 0 Å². The van der Waals surface area contributed by atoms with Gasteiger partial charge in [-0.25, -0.2) is 9.97 Å². The van der Waals surface area contributed by atoms with Crippen molar-refractivity contribution in [3.05, 3.63) is 48.6 Å². The molecule has 0 bridgehead atoms. The van der Waals surface area contributed by atoms with Gasteiger partial charge in [0.25, 0.3) is 0 Å². The maximum Gasteiger partial charge on any atom is 0.239 e. The lowest BCUT2D eigenvalue weighted by atomic mass is 10.1. The van der Waals surface area contributed by atoms with Crippen LogP contribution in [0.1, 0.15) is 41.5 Å². The first-order valence-electron chi connectivity index (χ1n) is 14.7. The highest BCUT2D eigenvalue weighted by molar-refractivity contribution is 5.94. The third-order valence-corrected chi connectivity index (χ3v) is 6.93. The van der Waals surface area contributed by atoms with Gasteiger partial charge in [0, 0.05) is 38.3 Å². The minimum Gasteiger partial charge on any atom is -0.369 e. The largest absolute Gasteiger partial charge is 0.369 e. The average molecular weight is 603 g/mol. The molecule has 2 heterocycles. The molecule has 12 nitrogen and oxygen atoms in total. The number of nitrogens with two attached hydrogens (primary N) is 2. The van der Waals surface area contributed by atoms with Crippen molar-refractivity contribution in [2.75, 3.05) is 48.5 Å². The monoisotopic (exact) mass is 602 g/mol. The Morgan fingerprint density at radius 2 is 1.09 bits per heavy atom. The molecule has 2 aromatic heterocycles. The SMILES string of the molecule is CN(CC(=O)NC(C)(C)C)c1cccc2c1nc(N)n2C/C=C/Cn1c(N)nc2c(N(C)CC(=O)NC(C)(C)C)cccc21. The molecule has 0 spiro atoms. The normalized spacial score (nSPS) is 12.3. The van der Waals surface area contributed by atoms with E-state index in [-0.39, 0.29) is 36.0 Å². The molecule has 0 unspecified atom stereocenters. The number of carbonyl (C=O) groups excluding carboxylic acids is 2. The Morgan fingerprint density at radius 3 is 1.43 bits per heavy atom. The van der Waals surface area contributed by atoms with Gasteiger partial charge in [-0.1, -0.05) is 24.3 Å². The van der Waals surface area contributed by atoms with Gasteiger partial charge < -0.3 is 41.0 Å². The number of likely N-dealkylation sites (N-methyl/N-ethyl adjacent to an activating group) is 2. The Bertz CT molecular complexity index is 1560. The summed E-state index contributed by atoms with van der Waals surface area (Å²) < 4.78 is 3.87. The van der Waals surface area contributed by atoms with Crippen molar-refractivity contribution in [2.24, 2.45) is 0 Å². The topological polar surface area (TPSA) is 152 Å². The summed E-state index contributed by atoms with van der Waals surface area (Å²) in [5.41, 5.74) is 17.0. The molecule has 0 saturated heterocycles. The molecule has 6 N–H and O–H groups in total. The zero-order valence-corrected chi connectivity index (χ0v) is 27.1. The molecule has 0 saturated carbocycles. The van der Waals surface area contributed by atoms with Crippen LogP contribution in [0.25, 0.3) is 22.1 Å². The molecule has 0 aliphatic carbocycles. The first-order chi connectivity index (χ1) is 20.5. The van der Waals surface area contributed by atoms with Crippen LogP contribution in [0, 0.1) is 0 Å². The van der Waals surface area contributed by atoms with E-state index >= 15 is 0 Å². The fraction of sp³-hybridized carbons (Fsp3) is 0.438.